The molecule has 0 aliphatic heterocycles. The molecule has 27 heavy (non-hydrogen) atoms. The summed E-state index contributed by atoms with van der Waals surface area (Å²) in [6.07, 6.45) is 0. The molecule has 4 nitrogen and oxygen atoms in total. The lowest BCUT2D eigenvalue weighted by molar-refractivity contribution is 0.414. The average molecular weight is 376 g/mol. The molecule has 2 heterocycles. The summed E-state index contributed by atoms with van der Waals surface area (Å²) in [5.74, 6) is 1.64. The molecule has 0 atom stereocenters. The van der Waals surface area contributed by atoms with Crippen LogP contribution in [0.3, 0.4) is 0 Å². The first kappa shape index (κ1) is 17.5. The first-order chi connectivity index (χ1) is 13.1. The number of hydrogen-bond acceptors (Lipinski definition) is 5. The fourth-order valence-electron chi connectivity index (χ4n) is 3.15. The molecular formula is C22H20N2O2S. The number of benzene rings is 2. The molecule has 0 saturated heterocycles. The molecule has 0 unspecified atom stereocenters. The highest BCUT2D eigenvalue weighted by Gasteiger charge is 2.17. The summed E-state index contributed by atoms with van der Waals surface area (Å²) in [5.41, 5.74) is 5.71. The van der Waals surface area contributed by atoms with E-state index in [4.69, 9.17) is 19.4 Å². The number of rotatable bonds is 4. The molecule has 4 rings (SSSR count). The lowest BCUT2D eigenvalue weighted by Crippen LogP contribution is -1.95. The van der Waals surface area contributed by atoms with Crippen LogP contribution in [-0.4, -0.2) is 24.2 Å². The first-order valence-corrected chi connectivity index (χ1v) is 9.49. The molecule has 2 aromatic carbocycles. The second kappa shape index (κ2) is 7.00. The Morgan fingerprint density at radius 2 is 1.00 bits per heavy atom. The Hall–Kier alpha value is -2.92. The number of methoxy groups -OCH3 is 2. The van der Waals surface area contributed by atoms with Gasteiger partial charge in [-0.2, -0.15) is 0 Å². The van der Waals surface area contributed by atoms with E-state index in [9.17, 15) is 0 Å². The molecule has 0 bridgehead atoms. The highest BCUT2D eigenvalue weighted by atomic mass is 32.1. The molecule has 136 valence electrons. The molecule has 0 aliphatic carbocycles. The van der Waals surface area contributed by atoms with E-state index in [-0.39, 0.29) is 0 Å². The van der Waals surface area contributed by atoms with Crippen LogP contribution in [-0.2, 0) is 0 Å². The van der Waals surface area contributed by atoms with Gasteiger partial charge in [-0.25, -0.2) is 9.97 Å². The molecule has 5 heteroatoms. The van der Waals surface area contributed by atoms with E-state index in [0.717, 1.165) is 45.0 Å². The van der Waals surface area contributed by atoms with Crippen molar-refractivity contribution in [3.05, 3.63) is 58.3 Å². The molecule has 0 N–H and O–H groups in total. The maximum Gasteiger partial charge on any atom is 0.118 e. The van der Waals surface area contributed by atoms with E-state index in [1.165, 1.54) is 9.75 Å². The van der Waals surface area contributed by atoms with Gasteiger partial charge in [0.2, 0.25) is 0 Å². The summed E-state index contributed by atoms with van der Waals surface area (Å²) in [6.45, 7) is 4.19. The minimum atomic E-state index is 0.821. The van der Waals surface area contributed by atoms with Crippen LogP contribution in [0.5, 0.6) is 11.5 Å². The Balaban J connectivity index is 1.96. The Morgan fingerprint density at radius 3 is 1.33 bits per heavy atom. The zero-order valence-corrected chi connectivity index (χ0v) is 16.6. The van der Waals surface area contributed by atoms with Crippen molar-refractivity contribution in [1.82, 2.24) is 9.97 Å². The number of fused-ring (bicyclic) bond motifs is 1. The van der Waals surface area contributed by atoms with Crippen LogP contribution >= 0.6 is 11.3 Å². The van der Waals surface area contributed by atoms with Gasteiger partial charge in [0, 0.05) is 20.9 Å². The standard InChI is InChI=1S/C22H20N2O2S/c1-13-19-20(14(2)27-13)24-22(16-7-11-18(26-4)12-8-16)21(23-19)15-5-9-17(25-3)10-6-15/h5-12H,1-4H3. The Labute approximate surface area is 162 Å². The van der Waals surface area contributed by atoms with Gasteiger partial charge >= 0.3 is 0 Å². The van der Waals surface area contributed by atoms with Gasteiger partial charge in [-0.1, -0.05) is 0 Å². The topological polar surface area (TPSA) is 44.2 Å². The van der Waals surface area contributed by atoms with Crippen LogP contribution in [0.4, 0.5) is 0 Å². The Bertz CT molecular complexity index is 1010. The van der Waals surface area contributed by atoms with Crippen molar-refractivity contribution < 1.29 is 9.47 Å². The van der Waals surface area contributed by atoms with Gasteiger partial charge in [0.05, 0.1) is 25.6 Å². The zero-order valence-electron chi connectivity index (χ0n) is 15.7. The van der Waals surface area contributed by atoms with Crippen LogP contribution in [0.1, 0.15) is 9.75 Å². The van der Waals surface area contributed by atoms with Crippen molar-refractivity contribution in [2.45, 2.75) is 13.8 Å². The minimum Gasteiger partial charge on any atom is -0.497 e. The first-order valence-electron chi connectivity index (χ1n) is 8.67. The number of nitrogens with zero attached hydrogens (tertiary/aromatic N) is 2. The van der Waals surface area contributed by atoms with Crippen LogP contribution in [0, 0.1) is 13.8 Å². The lowest BCUT2D eigenvalue weighted by Gasteiger charge is -2.11. The molecule has 0 aliphatic rings. The summed E-state index contributed by atoms with van der Waals surface area (Å²) in [7, 11) is 3.34. The third-order valence-electron chi connectivity index (χ3n) is 4.60. The summed E-state index contributed by atoms with van der Waals surface area (Å²) < 4.78 is 10.6. The summed E-state index contributed by atoms with van der Waals surface area (Å²) in [5, 5.41) is 0. The summed E-state index contributed by atoms with van der Waals surface area (Å²) in [4.78, 5) is 12.4. The molecule has 0 spiro atoms. The molecule has 0 saturated carbocycles. The average Bonchev–Trinajstić information content (AvgIpc) is 3.00. The van der Waals surface area contributed by atoms with Crippen molar-refractivity contribution in [2.75, 3.05) is 14.2 Å². The van der Waals surface area contributed by atoms with Crippen LogP contribution in [0.2, 0.25) is 0 Å². The van der Waals surface area contributed by atoms with E-state index in [2.05, 4.69) is 13.8 Å². The smallest absolute Gasteiger partial charge is 0.118 e. The molecule has 0 fully saturated rings. The van der Waals surface area contributed by atoms with Gasteiger partial charge in [0.1, 0.15) is 22.5 Å². The van der Waals surface area contributed by atoms with E-state index >= 15 is 0 Å². The van der Waals surface area contributed by atoms with Gasteiger partial charge < -0.3 is 9.47 Å². The molecule has 0 radical (unpaired) electrons. The van der Waals surface area contributed by atoms with E-state index in [0.29, 0.717) is 0 Å². The fourth-order valence-corrected chi connectivity index (χ4v) is 4.09. The number of aryl methyl sites for hydroxylation is 2. The second-order valence-electron chi connectivity index (χ2n) is 6.29. The number of hydrogen-bond donors (Lipinski definition) is 0. The predicted octanol–water partition coefficient (Wildman–Crippen LogP) is 5.66. The van der Waals surface area contributed by atoms with Gasteiger partial charge in [-0.3, -0.25) is 0 Å². The van der Waals surface area contributed by atoms with Gasteiger partial charge in [0.15, 0.2) is 0 Å². The van der Waals surface area contributed by atoms with Crippen molar-refractivity contribution in [1.29, 1.82) is 0 Å². The van der Waals surface area contributed by atoms with Gasteiger partial charge in [0.25, 0.3) is 0 Å². The number of ether oxygens (including phenoxy) is 2. The summed E-state index contributed by atoms with van der Waals surface area (Å²) >= 11 is 1.74. The zero-order chi connectivity index (χ0) is 19.0. The normalized spacial score (nSPS) is 11.0. The van der Waals surface area contributed by atoms with Crippen molar-refractivity contribution in [2.24, 2.45) is 0 Å². The van der Waals surface area contributed by atoms with E-state index in [1.807, 2.05) is 48.5 Å². The van der Waals surface area contributed by atoms with Gasteiger partial charge in [-0.05, 0) is 62.4 Å². The highest BCUT2D eigenvalue weighted by Crippen LogP contribution is 2.36. The molecule has 0 amide bonds. The van der Waals surface area contributed by atoms with Crippen LogP contribution in [0.15, 0.2) is 48.5 Å². The monoisotopic (exact) mass is 376 g/mol. The third-order valence-corrected chi connectivity index (χ3v) is 5.59. The predicted molar refractivity (Wildman–Crippen MR) is 111 cm³/mol. The molecule has 4 aromatic rings. The lowest BCUT2D eigenvalue weighted by atomic mass is 10.0. The van der Waals surface area contributed by atoms with E-state index < -0.39 is 0 Å². The maximum absolute atomic E-state index is 5.29. The Kier molecular flexibility index (Phi) is 4.54. The molecular weight excluding hydrogens is 356 g/mol. The van der Waals surface area contributed by atoms with Crippen LogP contribution < -0.4 is 9.47 Å². The number of aromatic nitrogens is 2. The van der Waals surface area contributed by atoms with E-state index in [1.54, 1.807) is 25.6 Å². The van der Waals surface area contributed by atoms with Crippen LogP contribution in [0.25, 0.3) is 33.5 Å². The number of thiophene rings is 1. The Morgan fingerprint density at radius 1 is 0.630 bits per heavy atom. The fraction of sp³-hybridized carbons (Fsp3) is 0.182. The van der Waals surface area contributed by atoms with Crippen molar-refractivity contribution >= 4 is 22.4 Å². The van der Waals surface area contributed by atoms with Gasteiger partial charge in [-0.15, -0.1) is 11.3 Å². The quantitative estimate of drug-likeness (QED) is 0.461. The summed E-state index contributed by atoms with van der Waals surface area (Å²) in [6, 6.07) is 15.9. The SMILES string of the molecule is COc1ccc(-c2nc3c(C)sc(C)c3nc2-c2ccc(OC)cc2)cc1. The second-order valence-corrected chi connectivity index (χ2v) is 7.72. The maximum atomic E-state index is 5.29. The molecule has 2 aromatic heterocycles. The van der Waals surface area contributed by atoms with Crippen molar-refractivity contribution in [3.63, 3.8) is 0 Å². The van der Waals surface area contributed by atoms with Crippen molar-refractivity contribution in [3.8, 4) is 34.0 Å². The highest BCUT2D eigenvalue weighted by molar-refractivity contribution is 7.13. The minimum absolute atomic E-state index is 0.821. The largest absolute Gasteiger partial charge is 0.497 e. The third kappa shape index (κ3) is 3.15.